The van der Waals surface area contributed by atoms with E-state index in [0.717, 1.165) is 31.8 Å². The molecule has 1 saturated heterocycles. The third kappa shape index (κ3) is 2.21. The molecule has 102 valence electrons. The molecule has 0 amide bonds. The number of hydrogen-bond acceptors (Lipinski definition) is 4. The second-order valence-corrected chi connectivity index (χ2v) is 5.20. The first-order valence-electron chi connectivity index (χ1n) is 7.00. The minimum atomic E-state index is 0.250. The lowest BCUT2D eigenvalue weighted by molar-refractivity contribution is 0.237. The van der Waals surface area contributed by atoms with E-state index in [1.807, 2.05) is 12.1 Å². The lowest BCUT2D eigenvalue weighted by Gasteiger charge is -2.33. The maximum absolute atomic E-state index is 5.49. The minimum absolute atomic E-state index is 0.250. The maximum atomic E-state index is 5.49. The van der Waals surface area contributed by atoms with Gasteiger partial charge in [0, 0.05) is 36.7 Å². The summed E-state index contributed by atoms with van der Waals surface area (Å²) in [7, 11) is 1.73. The predicted molar refractivity (Wildman–Crippen MR) is 76.5 cm³/mol. The zero-order valence-corrected chi connectivity index (χ0v) is 11.6. The van der Waals surface area contributed by atoms with Gasteiger partial charge in [-0.2, -0.15) is 5.10 Å². The summed E-state index contributed by atoms with van der Waals surface area (Å²) >= 11 is 0. The first-order valence-corrected chi connectivity index (χ1v) is 7.00. The van der Waals surface area contributed by atoms with Crippen LogP contribution >= 0.6 is 0 Å². The van der Waals surface area contributed by atoms with Gasteiger partial charge in [0.05, 0.1) is 13.2 Å². The minimum Gasteiger partial charge on any atom is -0.496 e. The van der Waals surface area contributed by atoms with Crippen molar-refractivity contribution in [1.29, 1.82) is 0 Å². The van der Waals surface area contributed by atoms with Crippen LogP contribution in [-0.2, 0) is 0 Å². The summed E-state index contributed by atoms with van der Waals surface area (Å²) in [5.74, 6) is 1.43. The number of hydrazone groups is 1. The van der Waals surface area contributed by atoms with Crippen LogP contribution in [0.4, 0.5) is 0 Å². The largest absolute Gasteiger partial charge is 0.496 e. The molecule has 2 aliphatic rings. The monoisotopic (exact) mass is 259 g/mol. The van der Waals surface area contributed by atoms with Gasteiger partial charge in [0.15, 0.2) is 0 Å². The van der Waals surface area contributed by atoms with Crippen LogP contribution in [0, 0.1) is 5.92 Å². The van der Waals surface area contributed by atoms with Gasteiger partial charge in [-0.25, -0.2) is 0 Å². The standard InChI is InChI=1S/C15H21N3O/c1-3-18-9-8-13-12(10-18)15(17-16-13)11-6-4-5-7-14(11)19-2/h4-7,12,15,17H,3,8-10H2,1-2H3. The highest BCUT2D eigenvalue weighted by Gasteiger charge is 2.37. The Morgan fingerprint density at radius 3 is 3.05 bits per heavy atom. The number of piperidine rings is 1. The number of fused-ring (bicyclic) bond motifs is 1. The Morgan fingerprint density at radius 2 is 2.26 bits per heavy atom. The number of hydrogen-bond donors (Lipinski definition) is 1. The van der Waals surface area contributed by atoms with E-state index in [4.69, 9.17) is 4.74 Å². The van der Waals surface area contributed by atoms with Crippen molar-refractivity contribution in [2.45, 2.75) is 19.4 Å². The number of benzene rings is 1. The van der Waals surface area contributed by atoms with Gasteiger partial charge in [0.25, 0.3) is 0 Å². The number of rotatable bonds is 3. The molecule has 3 rings (SSSR count). The van der Waals surface area contributed by atoms with E-state index in [0.29, 0.717) is 5.92 Å². The number of nitrogens with zero attached hydrogens (tertiary/aromatic N) is 2. The second-order valence-electron chi connectivity index (χ2n) is 5.20. The molecular formula is C15H21N3O. The fourth-order valence-corrected chi connectivity index (χ4v) is 3.11. The van der Waals surface area contributed by atoms with Gasteiger partial charge in [-0.3, -0.25) is 0 Å². The van der Waals surface area contributed by atoms with Gasteiger partial charge in [-0.05, 0) is 12.6 Å². The van der Waals surface area contributed by atoms with E-state index >= 15 is 0 Å². The summed E-state index contributed by atoms with van der Waals surface area (Å²) in [6.45, 7) is 5.56. The molecule has 2 atom stereocenters. The summed E-state index contributed by atoms with van der Waals surface area (Å²) < 4.78 is 5.49. The number of methoxy groups -OCH3 is 1. The zero-order valence-electron chi connectivity index (χ0n) is 11.6. The Balaban J connectivity index is 1.86. The highest BCUT2D eigenvalue weighted by molar-refractivity contribution is 5.90. The molecule has 2 aliphatic heterocycles. The van der Waals surface area contributed by atoms with Gasteiger partial charge in [0.2, 0.25) is 0 Å². The SMILES string of the molecule is CCN1CCC2=NNC(c3ccccc3OC)C2C1. The normalized spacial score (nSPS) is 26.5. The van der Waals surface area contributed by atoms with E-state index in [9.17, 15) is 0 Å². The average Bonchev–Trinajstić information content (AvgIpc) is 2.89. The highest BCUT2D eigenvalue weighted by Crippen LogP contribution is 2.36. The molecule has 0 aliphatic carbocycles. The van der Waals surface area contributed by atoms with Crippen LogP contribution in [0.5, 0.6) is 5.75 Å². The Morgan fingerprint density at radius 1 is 1.42 bits per heavy atom. The number of likely N-dealkylation sites (tertiary alicyclic amines) is 1. The molecule has 0 radical (unpaired) electrons. The smallest absolute Gasteiger partial charge is 0.124 e. The van der Waals surface area contributed by atoms with Crippen LogP contribution < -0.4 is 10.2 Å². The third-order valence-electron chi connectivity index (χ3n) is 4.24. The molecular weight excluding hydrogens is 238 g/mol. The molecule has 2 heterocycles. The van der Waals surface area contributed by atoms with Gasteiger partial charge in [-0.1, -0.05) is 25.1 Å². The summed E-state index contributed by atoms with van der Waals surface area (Å²) in [4.78, 5) is 2.50. The van der Waals surface area contributed by atoms with Crippen molar-refractivity contribution in [2.24, 2.45) is 11.0 Å². The van der Waals surface area contributed by atoms with Gasteiger partial charge < -0.3 is 15.1 Å². The van der Waals surface area contributed by atoms with E-state index < -0.39 is 0 Å². The summed E-state index contributed by atoms with van der Waals surface area (Å²) in [5.41, 5.74) is 5.85. The Labute approximate surface area is 114 Å². The topological polar surface area (TPSA) is 36.9 Å². The molecule has 4 heteroatoms. The lowest BCUT2D eigenvalue weighted by Crippen LogP contribution is -2.41. The van der Waals surface area contributed by atoms with Crippen molar-refractivity contribution in [1.82, 2.24) is 10.3 Å². The summed E-state index contributed by atoms with van der Waals surface area (Å²) in [6, 6.07) is 8.49. The van der Waals surface area contributed by atoms with Crippen LogP contribution in [0.25, 0.3) is 0 Å². The lowest BCUT2D eigenvalue weighted by atomic mass is 9.86. The van der Waals surface area contributed by atoms with Gasteiger partial charge in [0.1, 0.15) is 5.75 Å². The van der Waals surface area contributed by atoms with E-state index in [-0.39, 0.29) is 6.04 Å². The van der Waals surface area contributed by atoms with Crippen LogP contribution in [0.3, 0.4) is 0 Å². The zero-order chi connectivity index (χ0) is 13.2. The maximum Gasteiger partial charge on any atom is 0.124 e. The Bertz CT molecular complexity index is 486. The Kier molecular flexibility index (Phi) is 3.42. The highest BCUT2D eigenvalue weighted by atomic mass is 16.5. The molecule has 1 fully saturated rings. The fraction of sp³-hybridized carbons (Fsp3) is 0.533. The molecule has 0 aromatic heterocycles. The third-order valence-corrected chi connectivity index (χ3v) is 4.24. The van der Waals surface area contributed by atoms with E-state index in [1.54, 1.807) is 7.11 Å². The Hall–Kier alpha value is -1.55. The molecule has 0 saturated carbocycles. The molecule has 19 heavy (non-hydrogen) atoms. The van der Waals surface area contributed by atoms with Crippen LogP contribution in [0.15, 0.2) is 29.4 Å². The van der Waals surface area contributed by atoms with Crippen molar-refractivity contribution < 1.29 is 4.74 Å². The van der Waals surface area contributed by atoms with Crippen molar-refractivity contribution in [3.63, 3.8) is 0 Å². The van der Waals surface area contributed by atoms with Crippen molar-refractivity contribution >= 4 is 5.71 Å². The number of ether oxygens (including phenoxy) is 1. The number of para-hydroxylation sites is 1. The molecule has 0 spiro atoms. The first-order chi connectivity index (χ1) is 9.33. The van der Waals surface area contributed by atoms with Crippen LogP contribution in [0.2, 0.25) is 0 Å². The molecule has 1 aromatic carbocycles. The fourth-order valence-electron chi connectivity index (χ4n) is 3.11. The molecule has 0 bridgehead atoms. The molecule has 2 unspecified atom stereocenters. The van der Waals surface area contributed by atoms with Gasteiger partial charge in [-0.15, -0.1) is 0 Å². The number of nitrogens with one attached hydrogen (secondary N) is 1. The van der Waals surface area contributed by atoms with E-state index in [1.165, 1.54) is 11.3 Å². The van der Waals surface area contributed by atoms with Gasteiger partial charge >= 0.3 is 0 Å². The first kappa shape index (κ1) is 12.5. The molecule has 1 aromatic rings. The van der Waals surface area contributed by atoms with Crippen molar-refractivity contribution in [2.75, 3.05) is 26.7 Å². The van der Waals surface area contributed by atoms with E-state index in [2.05, 4.69) is 34.5 Å². The summed E-state index contributed by atoms with van der Waals surface area (Å²) in [6.07, 6.45) is 1.08. The predicted octanol–water partition coefficient (Wildman–Crippen LogP) is 2.04. The van der Waals surface area contributed by atoms with Crippen molar-refractivity contribution in [3.8, 4) is 5.75 Å². The quantitative estimate of drug-likeness (QED) is 0.902. The molecule has 4 nitrogen and oxygen atoms in total. The van der Waals surface area contributed by atoms with Crippen molar-refractivity contribution in [3.05, 3.63) is 29.8 Å². The average molecular weight is 259 g/mol. The second kappa shape index (κ2) is 5.21. The summed E-state index contributed by atoms with van der Waals surface area (Å²) in [5, 5.41) is 4.54. The van der Waals surface area contributed by atoms with Crippen LogP contribution in [-0.4, -0.2) is 37.4 Å². The van der Waals surface area contributed by atoms with Crippen LogP contribution in [0.1, 0.15) is 24.9 Å². The molecule has 1 N–H and O–H groups in total.